The van der Waals surface area contributed by atoms with Gasteiger partial charge in [-0.15, -0.1) is 0 Å². The SMILES string of the molecule is CCCN(CCC)CCC[C@H](NC(=O)c1ccc(CNCc2ccccn2)c2cnccc12)C(=O)NCCc1c[nH]c2ccccc12. The second-order valence-electron chi connectivity index (χ2n) is 12.0. The summed E-state index contributed by atoms with van der Waals surface area (Å²) in [5.41, 5.74) is 4.78. The number of rotatable bonds is 18. The Labute approximate surface area is 277 Å². The van der Waals surface area contributed by atoms with Crippen molar-refractivity contribution in [2.24, 2.45) is 0 Å². The average Bonchev–Trinajstić information content (AvgIpc) is 3.51. The Hall–Kier alpha value is -4.60. The number of hydrogen-bond acceptors (Lipinski definition) is 6. The van der Waals surface area contributed by atoms with Crippen molar-refractivity contribution >= 4 is 33.5 Å². The minimum absolute atomic E-state index is 0.156. The number of aromatic nitrogens is 3. The summed E-state index contributed by atoms with van der Waals surface area (Å²) in [6.07, 6.45) is 11.5. The van der Waals surface area contributed by atoms with Crippen LogP contribution >= 0.6 is 0 Å². The van der Waals surface area contributed by atoms with E-state index in [1.807, 2.05) is 60.8 Å². The van der Waals surface area contributed by atoms with E-state index in [9.17, 15) is 9.59 Å². The van der Waals surface area contributed by atoms with Gasteiger partial charge in [0.1, 0.15) is 6.04 Å². The molecule has 9 heteroatoms. The number of para-hydroxylation sites is 1. The van der Waals surface area contributed by atoms with Crippen LogP contribution in [0.5, 0.6) is 0 Å². The lowest BCUT2D eigenvalue weighted by molar-refractivity contribution is -0.123. The summed E-state index contributed by atoms with van der Waals surface area (Å²) in [6.45, 7) is 9.06. The van der Waals surface area contributed by atoms with E-state index in [0.717, 1.165) is 77.4 Å². The zero-order chi connectivity index (χ0) is 32.8. The molecule has 4 N–H and O–H groups in total. The van der Waals surface area contributed by atoms with Crippen molar-refractivity contribution in [2.75, 3.05) is 26.2 Å². The molecule has 2 amide bonds. The molecule has 0 radical (unpaired) electrons. The van der Waals surface area contributed by atoms with Gasteiger partial charge in [0, 0.05) is 66.3 Å². The number of pyridine rings is 2. The van der Waals surface area contributed by atoms with Gasteiger partial charge in [0.25, 0.3) is 5.91 Å². The first kappa shape index (κ1) is 33.8. The summed E-state index contributed by atoms with van der Waals surface area (Å²) in [7, 11) is 0. The van der Waals surface area contributed by atoms with Crippen LogP contribution < -0.4 is 16.0 Å². The van der Waals surface area contributed by atoms with Crippen LogP contribution in [0.15, 0.2) is 85.5 Å². The molecule has 0 aliphatic carbocycles. The maximum absolute atomic E-state index is 13.8. The van der Waals surface area contributed by atoms with Crippen molar-refractivity contribution < 1.29 is 9.59 Å². The highest BCUT2D eigenvalue weighted by atomic mass is 16.2. The number of H-pyrrole nitrogens is 1. The number of carbonyl (C=O) groups is 2. The van der Waals surface area contributed by atoms with E-state index in [1.165, 1.54) is 0 Å². The third-order valence-electron chi connectivity index (χ3n) is 8.54. The number of fused-ring (bicyclic) bond motifs is 2. The first-order valence-corrected chi connectivity index (χ1v) is 16.9. The molecule has 2 aromatic carbocycles. The number of benzene rings is 2. The van der Waals surface area contributed by atoms with Crippen LogP contribution in [0.1, 0.15) is 66.7 Å². The molecule has 0 fully saturated rings. The largest absolute Gasteiger partial charge is 0.361 e. The van der Waals surface area contributed by atoms with E-state index in [-0.39, 0.29) is 11.8 Å². The number of nitrogens with one attached hydrogen (secondary N) is 4. The Bertz CT molecular complexity index is 1730. The van der Waals surface area contributed by atoms with E-state index in [2.05, 4.69) is 55.7 Å². The second-order valence-corrected chi connectivity index (χ2v) is 12.0. The van der Waals surface area contributed by atoms with Crippen molar-refractivity contribution in [1.82, 2.24) is 35.8 Å². The highest BCUT2D eigenvalue weighted by Gasteiger charge is 2.23. The third kappa shape index (κ3) is 9.24. The Morgan fingerprint density at radius 3 is 2.49 bits per heavy atom. The highest BCUT2D eigenvalue weighted by Crippen LogP contribution is 2.23. The standard InChI is InChI=1S/C38H47N7O2/c1-3-21-45(22-4-2)23-9-13-36(38(47)42-20-16-29-25-43-35-12-6-5-11-31(29)35)44-37(46)33-15-14-28(34-27-39-19-17-32(33)34)24-40-26-30-10-7-8-18-41-30/h5-8,10-12,14-15,17-19,25,27,36,40,43H,3-4,9,13,16,20-24,26H2,1-2H3,(H,42,47)(H,44,46)/t36-/m0/s1. The van der Waals surface area contributed by atoms with Crippen LogP contribution in [0.4, 0.5) is 0 Å². The zero-order valence-electron chi connectivity index (χ0n) is 27.6. The first-order valence-electron chi connectivity index (χ1n) is 16.9. The van der Waals surface area contributed by atoms with Gasteiger partial charge < -0.3 is 25.8 Å². The molecule has 0 unspecified atom stereocenters. The fourth-order valence-electron chi connectivity index (χ4n) is 6.20. The van der Waals surface area contributed by atoms with Crippen LogP contribution in [0.25, 0.3) is 21.7 Å². The molecule has 3 aromatic heterocycles. The molecule has 47 heavy (non-hydrogen) atoms. The molecule has 0 spiro atoms. The van der Waals surface area contributed by atoms with E-state index < -0.39 is 6.04 Å². The van der Waals surface area contributed by atoms with Crippen LogP contribution in [-0.2, 0) is 24.3 Å². The van der Waals surface area contributed by atoms with Gasteiger partial charge >= 0.3 is 0 Å². The minimum Gasteiger partial charge on any atom is -0.361 e. The number of aromatic amines is 1. The summed E-state index contributed by atoms with van der Waals surface area (Å²) in [6, 6.07) is 19.1. The van der Waals surface area contributed by atoms with Gasteiger partial charge in [-0.05, 0) is 98.6 Å². The summed E-state index contributed by atoms with van der Waals surface area (Å²) < 4.78 is 0. The summed E-state index contributed by atoms with van der Waals surface area (Å²) >= 11 is 0. The number of nitrogens with zero attached hydrogens (tertiary/aromatic N) is 3. The molecular weight excluding hydrogens is 586 g/mol. The summed E-state index contributed by atoms with van der Waals surface area (Å²) in [5.74, 6) is -0.415. The Morgan fingerprint density at radius 1 is 0.851 bits per heavy atom. The Morgan fingerprint density at radius 2 is 1.68 bits per heavy atom. The third-order valence-corrected chi connectivity index (χ3v) is 8.54. The molecular formula is C38H47N7O2. The van der Waals surface area contributed by atoms with Crippen molar-refractivity contribution in [3.8, 4) is 0 Å². The normalized spacial score (nSPS) is 12.1. The van der Waals surface area contributed by atoms with E-state index in [1.54, 1.807) is 18.6 Å². The lowest BCUT2D eigenvalue weighted by atomic mass is 10.00. The van der Waals surface area contributed by atoms with Crippen LogP contribution in [0.2, 0.25) is 0 Å². The lowest BCUT2D eigenvalue weighted by Crippen LogP contribution is -2.47. The molecule has 0 saturated heterocycles. The molecule has 5 rings (SSSR count). The lowest BCUT2D eigenvalue weighted by Gasteiger charge is -2.23. The molecule has 0 aliphatic rings. The van der Waals surface area contributed by atoms with Crippen molar-refractivity contribution in [1.29, 1.82) is 0 Å². The molecule has 5 aromatic rings. The monoisotopic (exact) mass is 633 g/mol. The van der Waals surface area contributed by atoms with Crippen molar-refractivity contribution in [2.45, 2.75) is 65.1 Å². The first-order chi connectivity index (χ1) is 23.1. The number of carbonyl (C=O) groups excluding carboxylic acids is 2. The second kappa shape index (κ2) is 17.4. The molecule has 0 saturated carbocycles. The predicted octanol–water partition coefficient (Wildman–Crippen LogP) is 5.76. The van der Waals surface area contributed by atoms with E-state index in [0.29, 0.717) is 38.0 Å². The fraction of sp³-hybridized carbons (Fsp3) is 0.368. The van der Waals surface area contributed by atoms with Gasteiger partial charge in [0.05, 0.1) is 5.69 Å². The van der Waals surface area contributed by atoms with Gasteiger partial charge in [-0.1, -0.05) is 44.2 Å². The Balaban J connectivity index is 1.27. The van der Waals surface area contributed by atoms with Crippen molar-refractivity contribution in [3.63, 3.8) is 0 Å². The minimum atomic E-state index is -0.646. The van der Waals surface area contributed by atoms with Gasteiger partial charge in [-0.3, -0.25) is 19.6 Å². The molecule has 246 valence electrons. The molecule has 9 nitrogen and oxygen atoms in total. The summed E-state index contributed by atoms with van der Waals surface area (Å²) in [4.78, 5) is 41.9. The van der Waals surface area contributed by atoms with Crippen LogP contribution in [-0.4, -0.2) is 63.9 Å². The topological polar surface area (TPSA) is 115 Å². The smallest absolute Gasteiger partial charge is 0.252 e. The quantitative estimate of drug-likeness (QED) is 0.0976. The fourth-order valence-corrected chi connectivity index (χ4v) is 6.20. The van der Waals surface area contributed by atoms with Gasteiger partial charge in [-0.25, -0.2) is 0 Å². The maximum atomic E-state index is 13.8. The van der Waals surface area contributed by atoms with Crippen LogP contribution in [0.3, 0.4) is 0 Å². The molecule has 0 bridgehead atoms. The number of hydrogen-bond donors (Lipinski definition) is 4. The van der Waals surface area contributed by atoms with E-state index >= 15 is 0 Å². The van der Waals surface area contributed by atoms with Gasteiger partial charge in [0.2, 0.25) is 5.91 Å². The average molecular weight is 634 g/mol. The summed E-state index contributed by atoms with van der Waals surface area (Å²) in [5, 5.41) is 12.5. The zero-order valence-corrected chi connectivity index (χ0v) is 27.6. The Kier molecular flexibility index (Phi) is 12.5. The molecule has 1 atom stereocenters. The van der Waals surface area contributed by atoms with Gasteiger partial charge in [0.15, 0.2) is 0 Å². The molecule has 3 heterocycles. The van der Waals surface area contributed by atoms with Crippen molar-refractivity contribution in [3.05, 3.63) is 108 Å². The van der Waals surface area contributed by atoms with Gasteiger partial charge in [-0.2, -0.15) is 0 Å². The van der Waals surface area contributed by atoms with Crippen LogP contribution in [0, 0.1) is 0 Å². The highest BCUT2D eigenvalue weighted by molar-refractivity contribution is 6.08. The van der Waals surface area contributed by atoms with E-state index in [4.69, 9.17) is 0 Å². The number of amides is 2. The molecule has 0 aliphatic heterocycles. The maximum Gasteiger partial charge on any atom is 0.252 e. The predicted molar refractivity (Wildman–Crippen MR) is 189 cm³/mol.